The van der Waals surface area contributed by atoms with E-state index < -0.39 is 18.2 Å². The number of rotatable bonds is 3. The number of hydrogen-bond donors (Lipinski definition) is 2. The molecule has 0 saturated carbocycles. The van der Waals surface area contributed by atoms with E-state index in [-0.39, 0.29) is 16.3 Å². The first kappa shape index (κ1) is 13.4. The van der Waals surface area contributed by atoms with E-state index in [0.717, 1.165) is 7.11 Å². The molecule has 2 N–H and O–H groups in total. The van der Waals surface area contributed by atoms with Crippen molar-refractivity contribution in [3.63, 3.8) is 0 Å². The van der Waals surface area contributed by atoms with Crippen LogP contribution in [0.5, 0.6) is 0 Å². The molecule has 0 fully saturated rings. The highest BCUT2D eigenvalue weighted by Gasteiger charge is 2.27. The Morgan fingerprint density at radius 1 is 1.65 bits per heavy atom. The van der Waals surface area contributed by atoms with E-state index in [0.29, 0.717) is 0 Å². The number of carbonyl (C=O) groups excluding carboxylic acids is 1. The number of halogens is 1. The van der Waals surface area contributed by atoms with Crippen LogP contribution in [-0.2, 0) is 9.53 Å². The Hall–Kier alpha value is -1.68. The van der Waals surface area contributed by atoms with Crippen LogP contribution in [0.3, 0.4) is 0 Å². The molecule has 0 aliphatic carbocycles. The minimum atomic E-state index is -1.74. The molecule has 0 aliphatic rings. The fourth-order valence-corrected chi connectivity index (χ4v) is 1.28. The highest BCUT2D eigenvalue weighted by atomic mass is 35.5. The first-order valence-electron chi connectivity index (χ1n) is 4.50. The molecule has 1 aromatic heterocycles. The van der Waals surface area contributed by atoms with Crippen molar-refractivity contribution in [2.75, 3.05) is 7.11 Å². The molecular formula is C10H9ClN2O4. The third kappa shape index (κ3) is 2.91. The van der Waals surface area contributed by atoms with Crippen molar-refractivity contribution in [2.24, 2.45) is 0 Å². The zero-order valence-corrected chi connectivity index (χ0v) is 9.55. The molecule has 2 atom stereocenters. The molecule has 17 heavy (non-hydrogen) atoms. The highest BCUT2D eigenvalue weighted by molar-refractivity contribution is 6.30. The van der Waals surface area contributed by atoms with Gasteiger partial charge in [0.25, 0.3) is 0 Å². The summed E-state index contributed by atoms with van der Waals surface area (Å²) in [6, 6.07) is 3.01. The Bertz CT molecular complexity index is 472. The average Bonchev–Trinajstić information content (AvgIpc) is 2.36. The summed E-state index contributed by atoms with van der Waals surface area (Å²) >= 11 is 5.60. The fraction of sp³-hybridized carbons (Fsp3) is 0.300. The first-order chi connectivity index (χ1) is 8.01. The second kappa shape index (κ2) is 5.59. The minimum absolute atomic E-state index is 0.0176. The standard InChI is InChI=1S/C10H9ClN2O4/c1-17-10(16)8(15)7(14)6-2-5(3-12)9(11)13-4-6/h2,4,7-8,14-15H,1H3. The Morgan fingerprint density at radius 2 is 2.29 bits per heavy atom. The van der Waals surface area contributed by atoms with Crippen molar-refractivity contribution in [3.8, 4) is 6.07 Å². The molecule has 0 saturated heterocycles. The maximum Gasteiger partial charge on any atom is 0.337 e. The van der Waals surface area contributed by atoms with Crippen molar-refractivity contribution in [1.82, 2.24) is 4.98 Å². The molecular weight excluding hydrogens is 248 g/mol. The first-order valence-corrected chi connectivity index (χ1v) is 4.88. The van der Waals surface area contributed by atoms with Gasteiger partial charge in [0.15, 0.2) is 6.10 Å². The van der Waals surface area contributed by atoms with E-state index in [1.165, 1.54) is 12.3 Å². The van der Waals surface area contributed by atoms with Gasteiger partial charge in [0.05, 0.1) is 12.7 Å². The maximum atomic E-state index is 11.0. The van der Waals surface area contributed by atoms with Crippen LogP contribution in [0, 0.1) is 11.3 Å². The zero-order chi connectivity index (χ0) is 13.0. The van der Waals surface area contributed by atoms with Crippen molar-refractivity contribution in [3.05, 3.63) is 28.5 Å². The van der Waals surface area contributed by atoms with Gasteiger partial charge in [-0.1, -0.05) is 11.6 Å². The summed E-state index contributed by atoms with van der Waals surface area (Å²) in [6.45, 7) is 0. The number of aliphatic hydroxyl groups excluding tert-OH is 2. The van der Waals surface area contributed by atoms with Gasteiger partial charge in [0.2, 0.25) is 0 Å². The van der Waals surface area contributed by atoms with Crippen LogP contribution in [-0.4, -0.2) is 34.4 Å². The number of esters is 1. The van der Waals surface area contributed by atoms with Crippen molar-refractivity contribution >= 4 is 17.6 Å². The summed E-state index contributed by atoms with van der Waals surface area (Å²) in [5.41, 5.74) is 0.143. The van der Waals surface area contributed by atoms with E-state index in [4.69, 9.17) is 16.9 Å². The lowest BCUT2D eigenvalue weighted by Crippen LogP contribution is -2.29. The SMILES string of the molecule is COC(=O)C(O)C(O)c1cnc(Cl)c(C#N)c1. The van der Waals surface area contributed by atoms with Gasteiger partial charge in [-0.2, -0.15) is 5.26 Å². The van der Waals surface area contributed by atoms with Crippen LogP contribution in [0.2, 0.25) is 5.15 Å². The van der Waals surface area contributed by atoms with Gasteiger partial charge in [0.1, 0.15) is 17.3 Å². The van der Waals surface area contributed by atoms with Crippen LogP contribution < -0.4 is 0 Å². The van der Waals surface area contributed by atoms with E-state index >= 15 is 0 Å². The molecule has 0 bridgehead atoms. The number of nitrogens with zero attached hydrogens (tertiary/aromatic N) is 2. The molecule has 6 nitrogen and oxygen atoms in total. The molecule has 7 heteroatoms. The van der Waals surface area contributed by atoms with Gasteiger partial charge < -0.3 is 14.9 Å². The van der Waals surface area contributed by atoms with Crippen molar-refractivity contribution < 1.29 is 19.7 Å². The van der Waals surface area contributed by atoms with E-state index in [1.54, 1.807) is 6.07 Å². The molecule has 0 aromatic carbocycles. The van der Waals surface area contributed by atoms with E-state index in [1.807, 2.05) is 0 Å². The maximum absolute atomic E-state index is 11.0. The number of methoxy groups -OCH3 is 1. The molecule has 0 amide bonds. The van der Waals surface area contributed by atoms with Gasteiger partial charge in [0, 0.05) is 11.8 Å². The summed E-state index contributed by atoms with van der Waals surface area (Å²) < 4.78 is 4.27. The molecule has 1 rings (SSSR count). The summed E-state index contributed by atoms with van der Waals surface area (Å²) in [7, 11) is 1.08. The minimum Gasteiger partial charge on any atom is -0.467 e. The number of nitriles is 1. The zero-order valence-electron chi connectivity index (χ0n) is 8.79. The number of carbonyl (C=O) groups is 1. The Balaban J connectivity index is 3.01. The number of hydrogen-bond acceptors (Lipinski definition) is 6. The Kier molecular flexibility index (Phi) is 4.40. The van der Waals surface area contributed by atoms with Gasteiger partial charge >= 0.3 is 5.97 Å². The second-order valence-electron chi connectivity index (χ2n) is 3.13. The van der Waals surface area contributed by atoms with Gasteiger partial charge in [-0.15, -0.1) is 0 Å². The second-order valence-corrected chi connectivity index (χ2v) is 3.49. The summed E-state index contributed by atoms with van der Waals surface area (Å²) in [5.74, 6) is -0.981. The smallest absolute Gasteiger partial charge is 0.337 e. The Morgan fingerprint density at radius 3 is 2.82 bits per heavy atom. The molecule has 90 valence electrons. The lowest BCUT2D eigenvalue weighted by Gasteiger charge is -2.15. The number of aromatic nitrogens is 1. The van der Waals surface area contributed by atoms with Crippen molar-refractivity contribution in [2.45, 2.75) is 12.2 Å². The van der Waals surface area contributed by atoms with Gasteiger partial charge in [-0.25, -0.2) is 9.78 Å². The molecule has 0 spiro atoms. The van der Waals surface area contributed by atoms with E-state index in [2.05, 4.69) is 9.72 Å². The van der Waals surface area contributed by atoms with Crippen molar-refractivity contribution in [1.29, 1.82) is 5.26 Å². The largest absolute Gasteiger partial charge is 0.467 e. The van der Waals surface area contributed by atoms with Crippen LogP contribution >= 0.6 is 11.6 Å². The molecule has 2 unspecified atom stereocenters. The monoisotopic (exact) mass is 256 g/mol. The number of pyridine rings is 1. The summed E-state index contributed by atoms with van der Waals surface area (Å²) in [4.78, 5) is 14.7. The fourth-order valence-electron chi connectivity index (χ4n) is 1.14. The number of aliphatic hydroxyl groups is 2. The Labute approximate surface area is 102 Å². The molecule has 0 radical (unpaired) electrons. The van der Waals surface area contributed by atoms with Crippen LogP contribution in [0.15, 0.2) is 12.3 Å². The predicted octanol–water partition coefficient (Wildman–Crippen LogP) is 0.174. The highest BCUT2D eigenvalue weighted by Crippen LogP contribution is 2.21. The summed E-state index contributed by atoms with van der Waals surface area (Å²) in [6.07, 6.45) is -2.10. The third-order valence-electron chi connectivity index (χ3n) is 2.06. The number of ether oxygens (including phenoxy) is 1. The third-order valence-corrected chi connectivity index (χ3v) is 2.37. The van der Waals surface area contributed by atoms with Crippen LogP contribution in [0.4, 0.5) is 0 Å². The van der Waals surface area contributed by atoms with Gasteiger partial charge in [-0.3, -0.25) is 0 Å². The topological polar surface area (TPSA) is 103 Å². The van der Waals surface area contributed by atoms with Gasteiger partial charge in [-0.05, 0) is 6.07 Å². The normalized spacial score (nSPS) is 13.6. The lowest BCUT2D eigenvalue weighted by molar-refractivity contribution is -0.156. The van der Waals surface area contributed by atoms with E-state index in [9.17, 15) is 15.0 Å². The quantitative estimate of drug-likeness (QED) is 0.590. The van der Waals surface area contributed by atoms with Crippen LogP contribution in [0.25, 0.3) is 0 Å². The summed E-state index contributed by atoms with van der Waals surface area (Å²) in [5, 5.41) is 27.8. The lowest BCUT2D eigenvalue weighted by atomic mass is 10.1. The molecule has 1 aromatic rings. The molecule has 1 heterocycles. The average molecular weight is 257 g/mol. The van der Waals surface area contributed by atoms with Crippen LogP contribution in [0.1, 0.15) is 17.2 Å². The predicted molar refractivity (Wildman–Crippen MR) is 56.9 cm³/mol. The molecule has 0 aliphatic heterocycles.